The maximum atomic E-state index is 12.3. The molecule has 130 valence electrons. The minimum absolute atomic E-state index is 0.0835. The maximum Gasteiger partial charge on any atom is 0.329 e. The van der Waals surface area contributed by atoms with Gasteiger partial charge in [-0.3, -0.25) is 9.78 Å². The molecule has 2 aromatic rings. The summed E-state index contributed by atoms with van der Waals surface area (Å²) in [6.45, 7) is 0. The fraction of sp³-hybridized carbons (Fsp3) is 0.316. The Balaban J connectivity index is 1.68. The second-order valence-electron chi connectivity index (χ2n) is 6.24. The summed E-state index contributed by atoms with van der Waals surface area (Å²) in [5, 5.41) is 22.0. The minimum atomic E-state index is -1.41. The molecule has 2 unspecified atom stereocenters. The van der Waals surface area contributed by atoms with Crippen LogP contribution in [0.1, 0.15) is 34.8 Å². The number of carboxylic acids is 1. The van der Waals surface area contributed by atoms with Crippen LogP contribution >= 0.6 is 0 Å². The van der Waals surface area contributed by atoms with Crippen molar-refractivity contribution in [2.45, 2.75) is 37.8 Å². The van der Waals surface area contributed by atoms with Crippen LogP contribution in [0.3, 0.4) is 0 Å². The Morgan fingerprint density at radius 1 is 1.12 bits per heavy atom. The predicted octanol–water partition coefficient (Wildman–Crippen LogP) is 1.42. The second kappa shape index (κ2) is 7.44. The Labute approximate surface area is 145 Å². The highest BCUT2D eigenvalue weighted by Gasteiger charge is 2.29. The molecule has 0 saturated heterocycles. The van der Waals surface area contributed by atoms with Crippen LogP contribution in [-0.2, 0) is 28.9 Å². The van der Waals surface area contributed by atoms with Gasteiger partial charge in [0.25, 0.3) is 0 Å². The fourth-order valence-corrected chi connectivity index (χ4v) is 3.17. The molecule has 0 aliphatic heterocycles. The van der Waals surface area contributed by atoms with Crippen molar-refractivity contribution in [3.05, 3.63) is 65.0 Å². The van der Waals surface area contributed by atoms with E-state index in [0.29, 0.717) is 5.56 Å². The highest BCUT2D eigenvalue weighted by molar-refractivity contribution is 5.85. The monoisotopic (exact) mass is 340 g/mol. The number of carboxylic acid groups (broad SMARTS) is 1. The van der Waals surface area contributed by atoms with Crippen LogP contribution in [0.5, 0.6) is 0 Å². The number of aryl methyl sites for hydroxylation is 2. The standard InChI is InChI=1S/C19H20N2O4/c22-16(11-12-4-5-13-2-1-3-15(13)10-12)21-17(19(24)25)18(23)14-6-8-20-9-7-14/h4-10,17-18,23H,1-3,11H2,(H,21,22)(H,24,25). The first kappa shape index (κ1) is 17.1. The molecule has 25 heavy (non-hydrogen) atoms. The number of aliphatic carboxylic acids is 1. The van der Waals surface area contributed by atoms with Crippen LogP contribution in [0, 0.1) is 0 Å². The number of pyridine rings is 1. The lowest BCUT2D eigenvalue weighted by Gasteiger charge is -2.20. The highest BCUT2D eigenvalue weighted by atomic mass is 16.4. The van der Waals surface area contributed by atoms with Gasteiger partial charge in [0.2, 0.25) is 5.91 Å². The molecule has 1 amide bonds. The fourth-order valence-electron chi connectivity index (χ4n) is 3.17. The summed E-state index contributed by atoms with van der Waals surface area (Å²) in [6.07, 6.45) is 4.88. The number of aliphatic hydroxyl groups excluding tert-OH is 1. The van der Waals surface area contributed by atoms with E-state index in [1.165, 1.54) is 35.7 Å². The number of aliphatic hydroxyl groups is 1. The van der Waals surface area contributed by atoms with E-state index in [4.69, 9.17) is 0 Å². The number of carbonyl (C=O) groups excluding carboxylic acids is 1. The molecular weight excluding hydrogens is 320 g/mol. The first-order chi connectivity index (χ1) is 12.0. The Bertz CT molecular complexity index is 776. The van der Waals surface area contributed by atoms with Gasteiger partial charge in [-0.05, 0) is 53.6 Å². The summed E-state index contributed by atoms with van der Waals surface area (Å²) < 4.78 is 0. The molecule has 3 N–H and O–H groups in total. The van der Waals surface area contributed by atoms with E-state index < -0.39 is 24.0 Å². The summed E-state index contributed by atoms with van der Waals surface area (Å²) in [5.41, 5.74) is 3.82. The lowest BCUT2D eigenvalue weighted by Crippen LogP contribution is -2.45. The SMILES string of the molecule is O=C(Cc1ccc2c(c1)CCC2)NC(C(=O)O)C(O)c1ccncc1. The van der Waals surface area contributed by atoms with Gasteiger partial charge in [-0.2, -0.15) is 0 Å². The third kappa shape index (κ3) is 4.03. The molecule has 3 rings (SSSR count). The predicted molar refractivity (Wildman–Crippen MR) is 90.9 cm³/mol. The third-order valence-electron chi connectivity index (χ3n) is 4.47. The minimum Gasteiger partial charge on any atom is -0.480 e. The number of benzene rings is 1. The first-order valence-corrected chi connectivity index (χ1v) is 8.25. The molecule has 0 fully saturated rings. The van der Waals surface area contributed by atoms with Crippen molar-refractivity contribution in [2.24, 2.45) is 0 Å². The third-order valence-corrected chi connectivity index (χ3v) is 4.47. The highest BCUT2D eigenvalue weighted by Crippen LogP contribution is 2.23. The average molecular weight is 340 g/mol. The van der Waals surface area contributed by atoms with E-state index in [0.717, 1.165) is 24.8 Å². The normalized spacial score (nSPS) is 15.2. The number of rotatable bonds is 6. The Morgan fingerprint density at radius 3 is 2.56 bits per heavy atom. The molecule has 0 spiro atoms. The molecule has 2 atom stereocenters. The zero-order valence-corrected chi connectivity index (χ0v) is 13.7. The maximum absolute atomic E-state index is 12.3. The van der Waals surface area contributed by atoms with Crippen LogP contribution in [0.4, 0.5) is 0 Å². The molecule has 1 aromatic carbocycles. The van der Waals surface area contributed by atoms with E-state index in [9.17, 15) is 19.8 Å². The molecule has 0 radical (unpaired) electrons. The molecule has 0 saturated carbocycles. The zero-order valence-electron chi connectivity index (χ0n) is 13.7. The van der Waals surface area contributed by atoms with Gasteiger partial charge in [0.05, 0.1) is 6.42 Å². The van der Waals surface area contributed by atoms with Gasteiger partial charge in [0, 0.05) is 12.4 Å². The molecule has 1 heterocycles. The van der Waals surface area contributed by atoms with E-state index in [1.807, 2.05) is 18.2 Å². The van der Waals surface area contributed by atoms with Crippen LogP contribution < -0.4 is 5.32 Å². The van der Waals surface area contributed by atoms with Gasteiger partial charge in [-0.15, -0.1) is 0 Å². The summed E-state index contributed by atoms with van der Waals surface area (Å²) in [5.74, 6) is -1.72. The van der Waals surface area contributed by atoms with Crippen LogP contribution in [-0.4, -0.2) is 33.1 Å². The molecule has 1 aliphatic carbocycles. The van der Waals surface area contributed by atoms with Crippen LogP contribution in [0.15, 0.2) is 42.7 Å². The number of nitrogens with one attached hydrogen (secondary N) is 1. The average Bonchev–Trinajstić information content (AvgIpc) is 3.07. The Morgan fingerprint density at radius 2 is 1.84 bits per heavy atom. The van der Waals surface area contributed by atoms with Crippen molar-refractivity contribution in [1.29, 1.82) is 0 Å². The number of aromatic nitrogens is 1. The number of fused-ring (bicyclic) bond motifs is 1. The Hall–Kier alpha value is -2.73. The lowest BCUT2D eigenvalue weighted by molar-refractivity contribution is -0.145. The smallest absolute Gasteiger partial charge is 0.329 e. The van der Waals surface area contributed by atoms with Gasteiger partial charge in [0.15, 0.2) is 6.04 Å². The largest absolute Gasteiger partial charge is 0.480 e. The van der Waals surface area contributed by atoms with Gasteiger partial charge in [0.1, 0.15) is 6.10 Å². The van der Waals surface area contributed by atoms with E-state index in [-0.39, 0.29) is 6.42 Å². The van der Waals surface area contributed by atoms with Crippen molar-refractivity contribution in [1.82, 2.24) is 10.3 Å². The summed E-state index contributed by atoms with van der Waals surface area (Å²) >= 11 is 0. The zero-order chi connectivity index (χ0) is 17.8. The second-order valence-corrected chi connectivity index (χ2v) is 6.24. The molecule has 1 aliphatic rings. The molecule has 6 heteroatoms. The van der Waals surface area contributed by atoms with Gasteiger partial charge < -0.3 is 15.5 Å². The number of nitrogens with zero attached hydrogens (tertiary/aromatic N) is 1. The summed E-state index contributed by atoms with van der Waals surface area (Å²) in [4.78, 5) is 27.6. The van der Waals surface area contributed by atoms with Crippen molar-refractivity contribution in [3.8, 4) is 0 Å². The Kier molecular flexibility index (Phi) is 5.09. The van der Waals surface area contributed by atoms with Crippen molar-refractivity contribution in [3.63, 3.8) is 0 Å². The van der Waals surface area contributed by atoms with Gasteiger partial charge in [-0.25, -0.2) is 4.79 Å². The lowest BCUT2D eigenvalue weighted by atomic mass is 10.0. The molecule has 1 aromatic heterocycles. The van der Waals surface area contributed by atoms with Crippen LogP contribution in [0.2, 0.25) is 0 Å². The number of carbonyl (C=O) groups is 2. The van der Waals surface area contributed by atoms with Crippen molar-refractivity contribution >= 4 is 11.9 Å². The van der Waals surface area contributed by atoms with E-state index in [2.05, 4.69) is 10.3 Å². The number of amides is 1. The van der Waals surface area contributed by atoms with Crippen LogP contribution in [0.25, 0.3) is 0 Å². The van der Waals surface area contributed by atoms with Gasteiger partial charge >= 0.3 is 5.97 Å². The summed E-state index contributed by atoms with van der Waals surface area (Å²) in [6, 6.07) is 7.58. The van der Waals surface area contributed by atoms with E-state index >= 15 is 0 Å². The first-order valence-electron chi connectivity index (χ1n) is 8.25. The van der Waals surface area contributed by atoms with Crippen molar-refractivity contribution in [2.75, 3.05) is 0 Å². The molecule has 0 bridgehead atoms. The topological polar surface area (TPSA) is 99.5 Å². The molecule has 6 nitrogen and oxygen atoms in total. The van der Waals surface area contributed by atoms with E-state index in [1.54, 1.807) is 0 Å². The number of hydrogen-bond acceptors (Lipinski definition) is 4. The quantitative estimate of drug-likeness (QED) is 0.738. The van der Waals surface area contributed by atoms with Gasteiger partial charge in [-0.1, -0.05) is 18.2 Å². The summed E-state index contributed by atoms with van der Waals surface area (Å²) in [7, 11) is 0. The molecular formula is C19H20N2O4. The van der Waals surface area contributed by atoms with Crippen molar-refractivity contribution < 1.29 is 19.8 Å². The number of hydrogen-bond donors (Lipinski definition) is 3.